The summed E-state index contributed by atoms with van der Waals surface area (Å²) in [6, 6.07) is 10.1. The van der Waals surface area contributed by atoms with Gasteiger partial charge in [0.05, 0.1) is 22.0 Å². The van der Waals surface area contributed by atoms with Crippen LogP contribution >= 0.6 is 23.2 Å². The number of hydrogen-bond donors (Lipinski definition) is 2. The third-order valence-electron chi connectivity index (χ3n) is 2.63. The van der Waals surface area contributed by atoms with Gasteiger partial charge in [-0.1, -0.05) is 29.3 Å². The molecule has 2 rings (SSSR count). The molecule has 0 heterocycles. The van der Waals surface area contributed by atoms with Gasteiger partial charge in [0.15, 0.2) is 0 Å². The molecule has 2 aromatic rings. The van der Waals surface area contributed by atoms with Crippen molar-refractivity contribution in [3.05, 3.63) is 57.6 Å². The Morgan fingerprint density at radius 1 is 1.16 bits per heavy atom. The summed E-state index contributed by atoms with van der Waals surface area (Å²) in [5, 5.41) is 3.51. The van der Waals surface area contributed by atoms with Crippen LogP contribution in [-0.4, -0.2) is 5.91 Å². The molecule has 5 heteroatoms. The number of hydrogen-bond acceptors (Lipinski definition) is 2. The van der Waals surface area contributed by atoms with E-state index in [1.165, 1.54) is 6.07 Å². The Kier molecular flexibility index (Phi) is 3.98. The maximum atomic E-state index is 12.1. The third-order valence-corrected chi connectivity index (χ3v) is 3.18. The van der Waals surface area contributed by atoms with Gasteiger partial charge in [-0.25, -0.2) is 0 Å². The van der Waals surface area contributed by atoms with E-state index < -0.39 is 0 Å². The highest BCUT2D eigenvalue weighted by molar-refractivity contribution is 6.37. The average Bonchev–Trinajstić information content (AvgIpc) is 2.32. The molecule has 0 saturated carbocycles. The number of aryl methyl sites for hydroxylation is 1. The van der Waals surface area contributed by atoms with Crippen molar-refractivity contribution in [2.75, 3.05) is 11.1 Å². The molecular weight excluding hydrogens is 283 g/mol. The van der Waals surface area contributed by atoms with E-state index in [1.54, 1.807) is 24.3 Å². The normalized spacial score (nSPS) is 10.3. The Hall–Kier alpha value is -1.71. The Balaban J connectivity index is 2.25. The minimum Gasteiger partial charge on any atom is -0.397 e. The number of amides is 1. The molecule has 98 valence electrons. The maximum Gasteiger partial charge on any atom is 0.257 e. The molecule has 19 heavy (non-hydrogen) atoms. The van der Waals surface area contributed by atoms with Crippen LogP contribution in [0.2, 0.25) is 10.0 Å². The second kappa shape index (κ2) is 5.51. The Morgan fingerprint density at radius 3 is 2.53 bits per heavy atom. The highest BCUT2D eigenvalue weighted by Crippen LogP contribution is 2.24. The van der Waals surface area contributed by atoms with E-state index in [4.69, 9.17) is 28.9 Å². The molecule has 0 saturated heterocycles. The first-order valence-electron chi connectivity index (χ1n) is 5.60. The lowest BCUT2D eigenvalue weighted by Crippen LogP contribution is -2.13. The van der Waals surface area contributed by atoms with Gasteiger partial charge in [-0.05, 0) is 42.8 Å². The first kappa shape index (κ1) is 13.7. The number of halogens is 2. The van der Waals surface area contributed by atoms with Gasteiger partial charge in [0.25, 0.3) is 5.91 Å². The van der Waals surface area contributed by atoms with Crippen LogP contribution in [-0.2, 0) is 0 Å². The molecule has 0 radical (unpaired) electrons. The second-order valence-corrected chi connectivity index (χ2v) is 5.01. The van der Waals surface area contributed by atoms with Crippen LogP contribution in [0.15, 0.2) is 36.4 Å². The summed E-state index contributed by atoms with van der Waals surface area (Å²) in [5.41, 5.74) is 8.29. The fraction of sp³-hybridized carbons (Fsp3) is 0.0714. The van der Waals surface area contributed by atoms with Crippen LogP contribution < -0.4 is 11.1 Å². The van der Waals surface area contributed by atoms with Crippen LogP contribution in [0, 0.1) is 6.92 Å². The molecule has 0 aromatic heterocycles. The summed E-state index contributed by atoms with van der Waals surface area (Å²) in [7, 11) is 0. The van der Waals surface area contributed by atoms with E-state index in [1.807, 2.05) is 13.0 Å². The van der Waals surface area contributed by atoms with Crippen LogP contribution in [0.1, 0.15) is 15.9 Å². The molecule has 0 aliphatic heterocycles. The van der Waals surface area contributed by atoms with Crippen molar-refractivity contribution >= 4 is 40.5 Å². The molecule has 1 amide bonds. The third kappa shape index (κ3) is 3.19. The molecule has 0 atom stereocenters. The summed E-state index contributed by atoms with van der Waals surface area (Å²) in [5.74, 6) is -0.322. The molecule has 3 N–H and O–H groups in total. The molecular formula is C14H12Cl2N2O. The van der Waals surface area contributed by atoms with Crippen molar-refractivity contribution in [1.82, 2.24) is 0 Å². The lowest BCUT2D eigenvalue weighted by molar-refractivity contribution is 0.102. The number of rotatable bonds is 2. The van der Waals surface area contributed by atoms with E-state index >= 15 is 0 Å². The number of nitrogen functional groups attached to an aromatic ring is 1. The van der Waals surface area contributed by atoms with Gasteiger partial charge in [0.2, 0.25) is 0 Å². The summed E-state index contributed by atoms with van der Waals surface area (Å²) in [6.07, 6.45) is 0. The van der Waals surface area contributed by atoms with Gasteiger partial charge < -0.3 is 11.1 Å². The quantitative estimate of drug-likeness (QED) is 0.818. The number of nitrogens with two attached hydrogens (primary N) is 1. The zero-order valence-corrected chi connectivity index (χ0v) is 11.7. The minimum absolute atomic E-state index is 0.302. The molecule has 0 fully saturated rings. The lowest BCUT2D eigenvalue weighted by atomic mass is 10.1. The standard InChI is InChI=1S/C14H12Cl2N2O/c1-8-2-5-13(12(17)6-8)18-14(19)10-4-3-9(15)7-11(10)16/h2-7H,17H2,1H3,(H,18,19). The first-order valence-corrected chi connectivity index (χ1v) is 6.35. The smallest absolute Gasteiger partial charge is 0.257 e. The van der Waals surface area contributed by atoms with Gasteiger partial charge in [-0.3, -0.25) is 4.79 Å². The highest BCUT2D eigenvalue weighted by Gasteiger charge is 2.12. The predicted molar refractivity (Wildman–Crippen MR) is 80.0 cm³/mol. The minimum atomic E-state index is -0.322. The molecule has 2 aromatic carbocycles. The fourth-order valence-corrected chi connectivity index (χ4v) is 2.15. The largest absolute Gasteiger partial charge is 0.397 e. The van der Waals surface area contributed by atoms with Crippen molar-refractivity contribution in [2.24, 2.45) is 0 Å². The summed E-state index contributed by atoms with van der Waals surface area (Å²) >= 11 is 11.8. The molecule has 0 bridgehead atoms. The monoisotopic (exact) mass is 294 g/mol. The summed E-state index contributed by atoms with van der Waals surface area (Å²) < 4.78 is 0. The van der Waals surface area contributed by atoms with Crippen molar-refractivity contribution < 1.29 is 4.79 Å². The van der Waals surface area contributed by atoms with Gasteiger partial charge in [0, 0.05) is 5.02 Å². The van der Waals surface area contributed by atoms with Crippen molar-refractivity contribution in [2.45, 2.75) is 6.92 Å². The predicted octanol–water partition coefficient (Wildman–Crippen LogP) is 4.14. The van der Waals surface area contributed by atoms with Gasteiger partial charge >= 0.3 is 0 Å². The lowest BCUT2D eigenvalue weighted by Gasteiger charge is -2.10. The van der Waals surface area contributed by atoms with Gasteiger partial charge in [-0.2, -0.15) is 0 Å². The van der Waals surface area contributed by atoms with Crippen LogP contribution in [0.5, 0.6) is 0 Å². The molecule has 0 aliphatic carbocycles. The number of carbonyl (C=O) groups is 1. The van der Waals surface area contributed by atoms with E-state index in [0.29, 0.717) is 27.0 Å². The van der Waals surface area contributed by atoms with E-state index in [9.17, 15) is 4.79 Å². The Bertz CT molecular complexity index is 641. The zero-order chi connectivity index (χ0) is 14.0. The Labute approximate surface area is 121 Å². The SMILES string of the molecule is Cc1ccc(NC(=O)c2ccc(Cl)cc2Cl)c(N)c1. The van der Waals surface area contributed by atoms with Gasteiger partial charge in [0.1, 0.15) is 0 Å². The molecule has 0 aliphatic rings. The average molecular weight is 295 g/mol. The summed E-state index contributed by atoms with van der Waals surface area (Å²) in [6.45, 7) is 1.93. The summed E-state index contributed by atoms with van der Waals surface area (Å²) in [4.78, 5) is 12.1. The second-order valence-electron chi connectivity index (χ2n) is 4.17. The number of benzene rings is 2. The van der Waals surface area contributed by atoms with Gasteiger partial charge in [-0.15, -0.1) is 0 Å². The number of anilines is 2. The maximum absolute atomic E-state index is 12.1. The van der Waals surface area contributed by atoms with E-state index in [2.05, 4.69) is 5.32 Å². The highest BCUT2D eigenvalue weighted by atomic mass is 35.5. The zero-order valence-electron chi connectivity index (χ0n) is 10.2. The van der Waals surface area contributed by atoms with Crippen molar-refractivity contribution in [3.63, 3.8) is 0 Å². The van der Waals surface area contributed by atoms with Crippen LogP contribution in [0.25, 0.3) is 0 Å². The fourth-order valence-electron chi connectivity index (χ4n) is 1.66. The molecule has 0 spiro atoms. The Morgan fingerprint density at radius 2 is 1.89 bits per heavy atom. The van der Waals surface area contributed by atoms with Crippen molar-refractivity contribution in [1.29, 1.82) is 0 Å². The van der Waals surface area contributed by atoms with Crippen LogP contribution in [0.3, 0.4) is 0 Å². The molecule has 3 nitrogen and oxygen atoms in total. The van der Waals surface area contributed by atoms with Crippen molar-refractivity contribution in [3.8, 4) is 0 Å². The number of carbonyl (C=O) groups excluding carboxylic acids is 1. The van der Waals surface area contributed by atoms with Crippen LogP contribution in [0.4, 0.5) is 11.4 Å². The van der Waals surface area contributed by atoms with E-state index in [0.717, 1.165) is 5.56 Å². The molecule has 0 unspecified atom stereocenters. The number of nitrogens with one attached hydrogen (secondary N) is 1. The first-order chi connectivity index (χ1) is 8.97. The topological polar surface area (TPSA) is 55.1 Å². The van der Waals surface area contributed by atoms with E-state index in [-0.39, 0.29) is 5.91 Å².